The van der Waals surface area contributed by atoms with E-state index < -0.39 is 0 Å². The standard InChI is InChI=1S/C15H15NS/c16-12-11-15(13-7-3-1-4-8-13)17-14-9-5-2-6-10-14/h2,5-7,9-11H,1,3-4,8H2/b15-11-. The zero-order chi connectivity index (χ0) is 11.9. The largest absolute Gasteiger partial charge is 0.193 e. The molecule has 2 heteroatoms. The van der Waals surface area contributed by atoms with Crippen molar-refractivity contribution in [2.45, 2.75) is 30.6 Å². The SMILES string of the molecule is N#C/C=C(\Sc1ccccc1)C1=CCCCC1. The van der Waals surface area contributed by atoms with Crippen LogP contribution in [0.4, 0.5) is 0 Å². The highest BCUT2D eigenvalue weighted by atomic mass is 32.2. The van der Waals surface area contributed by atoms with Crippen molar-refractivity contribution >= 4 is 11.8 Å². The van der Waals surface area contributed by atoms with Crippen LogP contribution < -0.4 is 0 Å². The topological polar surface area (TPSA) is 23.8 Å². The Bertz CT molecular complexity index is 465. The minimum atomic E-state index is 1.10. The molecule has 1 nitrogen and oxygen atoms in total. The summed E-state index contributed by atoms with van der Waals surface area (Å²) in [6, 6.07) is 12.4. The van der Waals surface area contributed by atoms with E-state index >= 15 is 0 Å². The number of thioether (sulfide) groups is 1. The molecule has 0 spiro atoms. The van der Waals surface area contributed by atoms with Crippen molar-refractivity contribution < 1.29 is 0 Å². The van der Waals surface area contributed by atoms with Crippen LogP contribution >= 0.6 is 11.8 Å². The Kier molecular flexibility index (Phi) is 4.46. The Morgan fingerprint density at radius 2 is 2.06 bits per heavy atom. The summed E-state index contributed by atoms with van der Waals surface area (Å²) >= 11 is 1.69. The number of nitrogens with zero attached hydrogens (tertiary/aromatic N) is 1. The van der Waals surface area contributed by atoms with Crippen LogP contribution in [0.1, 0.15) is 25.7 Å². The fourth-order valence-corrected chi connectivity index (χ4v) is 2.90. The van der Waals surface area contributed by atoms with Gasteiger partial charge >= 0.3 is 0 Å². The lowest BCUT2D eigenvalue weighted by Gasteiger charge is -2.14. The molecule has 0 saturated carbocycles. The summed E-state index contributed by atoms with van der Waals surface area (Å²) in [6.07, 6.45) is 8.72. The van der Waals surface area contributed by atoms with E-state index in [0.717, 1.165) is 17.7 Å². The van der Waals surface area contributed by atoms with Gasteiger partial charge in [0.05, 0.1) is 6.07 Å². The van der Waals surface area contributed by atoms with E-state index in [2.05, 4.69) is 24.3 Å². The summed E-state index contributed by atoms with van der Waals surface area (Å²) in [5, 5.41) is 8.88. The highest BCUT2D eigenvalue weighted by Crippen LogP contribution is 2.35. The third kappa shape index (κ3) is 3.51. The maximum absolute atomic E-state index is 8.88. The van der Waals surface area contributed by atoms with E-state index in [1.807, 2.05) is 18.2 Å². The van der Waals surface area contributed by atoms with Crippen molar-refractivity contribution in [1.82, 2.24) is 0 Å². The predicted octanol–water partition coefficient (Wildman–Crippen LogP) is 4.69. The van der Waals surface area contributed by atoms with Gasteiger partial charge in [0, 0.05) is 15.9 Å². The molecule has 0 fully saturated rings. The molecule has 0 heterocycles. The lowest BCUT2D eigenvalue weighted by atomic mass is 9.99. The van der Waals surface area contributed by atoms with Crippen molar-refractivity contribution in [3.8, 4) is 6.07 Å². The van der Waals surface area contributed by atoms with Gasteiger partial charge in [-0.1, -0.05) is 36.0 Å². The van der Waals surface area contributed by atoms with Gasteiger partial charge in [0.25, 0.3) is 0 Å². The fraction of sp³-hybridized carbons (Fsp3) is 0.267. The van der Waals surface area contributed by atoms with Gasteiger partial charge in [0.2, 0.25) is 0 Å². The molecule has 1 aliphatic rings. The summed E-state index contributed by atoms with van der Waals surface area (Å²) in [6.45, 7) is 0. The van der Waals surface area contributed by atoms with Gasteiger partial charge in [-0.15, -0.1) is 0 Å². The Morgan fingerprint density at radius 3 is 2.71 bits per heavy atom. The first-order chi connectivity index (χ1) is 8.40. The molecule has 0 unspecified atom stereocenters. The average Bonchev–Trinajstić information content (AvgIpc) is 2.40. The third-order valence-electron chi connectivity index (χ3n) is 2.77. The lowest BCUT2D eigenvalue weighted by molar-refractivity contribution is 0.710. The van der Waals surface area contributed by atoms with Gasteiger partial charge in [0.1, 0.15) is 0 Å². The Labute approximate surface area is 107 Å². The molecule has 0 saturated heterocycles. The van der Waals surface area contributed by atoms with Crippen molar-refractivity contribution in [2.24, 2.45) is 0 Å². The molecule has 0 aliphatic heterocycles. The third-order valence-corrected chi connectivity index (χ3v) is 3.88. The van der Waals surface area contributed by atoms with Crippen LogP contribution in [-0.4, -0.2) is 0 Å². The number of nitriles is 1. The lowest BCUT2D eigenvalue weighted by Crippen LogP contribution is -1.93. The molecule has 0 bridgehead atoms. The van der Waals surface area contributed by atoms with Gasteiger partial charge in [-0.2, -0.15) is 5.26 Å². The summed E-state index contributed by atoms with van der Waals surface area (Å²) in [7, 11) is 0. The van der Waals surface area contributed by atoms with E-state index in [1.165, 1.54) is 23.3 Å². The average molecular weight is 241 g/mol. The van der Waals surface area contributed by atoms with Crippen molar-refractivity contribution in [3.05, 3.63) is 53.0 Å². The summed E-state index contributed by atoms with van der Waals surface area (Å²) in [5.41, 5.74) is 1.34. The smallest absolute Gasteiger partial charge is 0.0923 e. The number of rotatable bonds is 3. The normalized spacial score (nSPS) is 16.2. The van der Waals surface area contributed by atoms with E-state index in [9.17, 15) is 0 Å². The molecule has 0 aromatic heterocycles. The van der Waals surface area contributed by atoms with Gasteiger partial charge in [0.15, 0.2) is 0 Å². The molecule has 1 aromatic rings. The van der Waals surface area contributed by atoms with Gasteiger partial charge in [-0.05, 0) is 43.4 Å². The molecular formula is C15H15NS. The minimum absolute atomic E-state index is 1.10. The highest BCUT2D eigenvalue weighted by molar-refractivity contribution is 8.03. The first-order valence-corrected chi connectivity index (χ1v) is 6.74. The summed E-state index contributed by atoms with van der Waals surface area (Å²) in [5.74, 6) is 0. The Balaban J connectivity index is 2.17. The number of allylic oxidation sites excluding steroid dienone is 3. The van der Waals surface area contributed by atoms with E-state index in [4.69, 9.17) is 5.26 Å². The van der Waals surface area contributed by atoms with E-state index in [-0.39, 0.29) is 0 Å². The molecule has 0 atom stereocenters. The Hall–Kier alpha value is -1.46. The molecule has 0 radical (unpaired) electrons. The van der Waals surface area contributed by atoms with Crippen LogP contribution in [0.3, 0.4) is 0 Å². The fourth-order valence-electron chi connectivity index (χ4n) is 1.92. The van der Waals surface area contributed by atoms with Crippen LogP contribution in [0.25, 0.3) is 0 Å². The van der Waals surface area contributed by atoms with Crippen molar-refractivity contribution in [2.75, 3.05) is 0 Å². The second-order valence-electron chi connectivity index (χ2n) is 4.03. The molecule has 0 amide bonds. The summed E-state index contributed by atoms with van der Waals surface area (Å²) < 4.78 is 0. The monoisotopic (exact) mass is 241 g/mol. The molecular weight excluding hydrogens is 226 g/mol. The summed E-state index contributed by atoms with van der Waals surface area (Å²) in [4.78, 5) is 2.30. The maximum Gasteiger partial charge on any atom is 0.0923 e. The van der Waals surface area contributed by atoms with Crippen LogP contribution in [0.15, 0.2) is 57.9 Å². The van der Waals surface area contributed by atoms with Crippen LogP contribution in [0.5, 0.6) is 0 Å². The van der Waals surface area contributed by atoms with Crippen molar-refractivity contribution in [3.63, 3.8) is 0 Å². The van der Waals surface area contributed by atoms with Gasteiger partial charge in [-0.3, -0.25) is 0 Å². The molecule has 86 valence electrons. The predicted molar refractivity (Wildman–Crippen MR) is 72.5 cm³/mol. The second kappa shape index (κ2) is 6.32. The van der Waals surface area contributed by atoms with Gasteiger partial charge in [-0.25, -0.2) is 0 Å². The number of hydrogen-bond donors (Lipinski definition) is 0. The van der Waals surface area contributed by atoms with Crippen LogP contribution in [-0.2, 0) is 0 Å². The van der Waals surface area contributed by atoms with Crippen molar-refractivity contribution in [1.29, 1.82) is 5.26 Å². The molecule has 1 aromatic carbocycles. The zero-order valence-electron chi connectivity index (χ0n) is 9.73. The molecule has 17 heavy (non-hydrogen) atoms. The van der Waals surface area contributed by atoms with Gasteiger partial charge < -0.3 is 0 Å². The first kappa shape index (κ1) is 12.0. The Morgan fingerprint density at radius 1 is 1.24 bits per heavy atom. The minimum Gasteiger partial charge on any atom is -0.193 e. The number of benzene rings is 1. The number of hydrogen-bond acceptors (Lipinski definition) is 2. The quantitative estimate of drug-likeness (QED) is 0.566. The second-order valence-corrected chi connectivity index (χ2v) is 5.14. The maximum atomic E-state index is 8.88. The molecule has 1 aliphatic carbocycles. The first-order valence-electron chi connectivity index (χ1n) is 5.92. The van der Waals surface area contributed by atoms with E-state index in [0.29, 0.717) is 0 Å². The molecule has 0 N–H and O–H groups in total. The van der Waals surface area contributed by atoms with Crippen LogP contribution in [0.2, 0.25) is 0 Å². The zero-order valence-corrected chi connectivity index (χ0v) is 10.5. The van der Waals surface area contributed by atoms with E-state index in [1.54, 1.807) is 17.8 Å². The molecule has 2 rings (SSSR count). The van der Waals surface area contributed by atoms with Crippen LogP contribution in [0, 0.1) is 11.3 Å². The highest BCUT2D eigenvalue weighted by Gasteiger charge is 2.10.